The summed E-state index contributed by atoms with van der Waals surface area (Å²) < 4.78 is 1.98. The molecule has 0 aliphatic rings. The number of nitrogens with one attached hydrogen (secondary N) is 2. The highest BCUT2D eigenvalue weighted by molar-refractivity contribution is 7.80. The van der Waals surface area contributed by atoms with E-state index in [9.17, 15) is 0 Å². The number of aromatic nitrogens is 2. The lowest BCUT2D eigenvalue weighted by molar-refractivity contribution is 0.892. The maximum atomic E-state index is 5.01. The summed E-state index contributed by atoms with van der Waals surface area (Å²) in [7, 11) is 1.75. The average Bonchev–Trinajstić information content (AvgIpc) is 3.26. The minimum Gasteiger partial charge on any atom is -0.364 e. The fraction of sp³-hybridized carbons (Fsp3) is 0.0417. The summed E-state index contributed by atoms with van der Waals surface area (Å²) in [6.45, 7) is 0. The lowest BCUT2D eigenvalue weighted by Gasteiger charge is -2.08. The Morgan fingerprint density at radius 2 is 1.53 bits per heavy atom. The van der Waals surface area contributed by atoms with Gasteiger partial charge in [-0.1, -0.05) is 72.8 Å². The van der Waals surface area contributed by atoms with Gasteiger partial charge in [-0.15, -0.1) is 0 Å². The normalized spacial score (nSPS) is 10.8. The molecule has 2 N–H and O–H groups in total. The molecule has 0 aliphatic carbocycles. The second-order valence-corrected chi connectivity index (χ2v) is 7.01. The molecule has 4 aromatic rings. The molecule has 0 fully saturated rings. The van der Waals surface area contributed by atoms with E-state index < -0.39 is 0 Å². The van der Waals surface area contributed by atoms with Gasteiger partial charge in [0.1, 0.15) is 0 Å². The number of hydrogen-bond acceptors (Lipinski definition) is 3. The quantitative estimate of drug-likeness (QED) is 0.286. The third kappa shape index (κ3) is 4.45. The molecule has 0 saturated carbocycles. The van der Waals surface area contributed by atoms with Gasteiger partial charge in [-0.3, -0.25) is 5.43 Å². The van der Waals surface area contributed by atoms with Crippen molar-refractivity contribution in [1.29, 1.82) is 0 Å². The van der Waals surface area contributed by atoms with Crippen molar-refractivity contribution < 1.29 is 0 Å². The molecule has 0 amide bonds. The summed E-state index contributed by atoms with van der Waals surface area (Å²) >= 11 is 5.01. The van der Waals surface area contributed by atoms with Crippen LogP contribution in [-0.4, -0.2) is 28.2 Å². The molecule has 4 rings (SSSR count). The highest BCUT2D eigenvalue weighted by Gasteiger charge is 2.12. The van der Waals surface area contributed by atoms with Crippen LogP contribution in [0.15, 0.2) is 96.1 Å². The Morgan fingerprint density at radius 1 is 0.900 bits per heavy atom. The largest absolute Gasteiger partial charge is 0.364 e. The smallest absolute Gasteiger partial charge is 0.186 e. The molecule has 148 valence electrons. The SMILES string of the molecule is CNC(=S)NN=Cc1ccc(-n2nc(-c3ccccc3)cc2-c2ccccc2)cc1. The Morgan fingerprint density at radius 3 is 2.17 bits per heavy atom. The molecule has 0 aliphatic heterocycles. The maximum absolute atomic E-state index is 5.01. The van der Waals surface area contributed by atoms with Crippen LogP contribution in [0, 0.1) is 0 Å². The summed E-state index contributed by atoms with van der Waals surface area (Å²) in [5, 5.41) is 12.3. The minimum atomic E-state index is 0.473. The van der Waals surface area contributed by atoms with Crippen LogP contribution in [0.4, 0.5) is 0 Å². The predicted octanol–water partition coefficient (Wildman–Crippen LogP) is 4.63. The number of nitrogens with zero attached hydrogens (tertiary/aromatic N) is 3. The number of hydrazone groups is 1. The summed E-state index contributed by atoms with van der Waals surface area (Å²) in [5.74, 6) is 0. The molecule has 0 unspecified atom stereocenters. The van der Waals surface area contributed by atoms with Crippen LogP contribution in [0.1, 0.15) is 5.56 Å². The van der Waals surface area contributed by atoms with Crippen molar-refractivity contribution >= 4 is 23.5 Å². The summed E-state index contributed by atoms with van der Waals surface area (Å²) in [6, 6.07) is 30.7. The molecule has 1 aromatic heterocycles. The number of rotatable bonds is 5. The summed E-state index contributed by atoms with van der Waals surface area (Å²) in [4.78, 5) is 0. The van der Waals surface area contributed by atoms with Gasteiger partial charge in [-0.05, 0) is 36.0 Å². The van der Waals surface area contributed by atoms with Gasteiger partial charge in [0.25, 0.3) is 0 Å². The van der Waals surface area contributed by atoms with Crippen molar-refractivity contribution in [2.24, 2.45) is 5.10 Å². The molecule has 5 nitrogen and oxygen atoms in total. The van der Waals surface area contributed by atoms with Crippen molar-refractivity contribution in [2.45, 2.75) is 0 Å². The van der Waals surface area contributed by atoms with Crippen LogP contribution in [0.25, 0.3) is 28.2 Å². The molecular weight excluding hydrogens is 390 g/mol. The lowest BCUT2D eigenvalue weighted by atomic mass is 10.1. The highest BCUT2D eigenvalue weighted by Crippen LogP contribution is 2.28. The van der Waals surface area contributed by atoms with E-state index in [1.54, 1.807) is 13.3 Å². The molecule has 0 saturated heterocycles. The predicted molar refractivity (Wildman–Crippen MR) is 127 cm³/mol. The van der Waals surface area contributed by atoms with Gasteiger partial charge in [0.05, 0.1) is 23.3 Å². The summed E-state index contributed by atoms with van der Waals surface area (Å²) in [5.41, 5.74) is 8.86. The molecule has 0 spiro atoms. The first-order valence-electron chi connectivity index (χ1n) is 9.57. The van der Waals surface area contributed by atoms with E-state index >= 15 is 0 Å². The van der Waals surface area contributed by atoms with Crippen molar-refractivity contribution in [3.8, 4) is 28.2 Å². The first kappa shape index (κ1) is 19.5. The van der Waals surface area contributed by atoms with Gasteiger partial charge in [0.2, 0.25) is 0 Å². The van der Waals surface area contributed by atoms with E-state index in [4.69, 9.17) is 17.3 Å². The zero-order chi connectivity index (χ0) is 20.8. The third-order valence-electron chi connectivity index (χ3n) is 4.59. The second-order valence-electron chi connectivity index (χ2n) is 6.60. The second kappa shape index (κ2) is 9.15. The average molecular weight is 412 g/mol. The van der Waals surface area contributed by atoms with E-state index in [0.717, 1.165) is 33.8 Å². The molecule has 0 atom stereocenters. The zero-order valence-electron chi connectivity index (χ0n) is 16.5. The Labute approximate surface area is 181 Å². The van der Waals surface area contributed by atoms with Crippen LogP contribution in [0.2, 0.25) is 0 Å². The van der Waals surface area contributed by atoms with Crippen molar-refractivity contribution in [2.75, 3.05) is 7.05 Å². The van der Waals surface area contributed by atoms with E-state index in [-0.39, 0.29) is 0 Å². The zero-order valence-corrected chi connectivity index (χ0v) is 17.3. The fourth-order valence-corrected chi connectivity index (χ4v) is 3.12. The van der Waals surface area contributed by atoms with Gasteiger partial charge in [0.15, 0.2) is 5.11 Å². The van der Waals surface area contributed by atoms with E-state index in [2.05, 4.69) is 46.2 Å². The van der Waals surface area contributed by atoms with Crippen molar-refractivity contribution in [1.82, 2.24) is 20.5 Å². The number of hydrogen-bond donors (Lipinski definition) is 2. The number of thiocarbonyl (C=S) groups is 1. The third-order valence-corrected chi connectivity index (χ3v) is 4.89. The van der Waals surface area contributed by atoms with Gasteiger partial charge in [-0.25, -0.2) is 4.68 Å². The molecule has 0 radical (unpaired) electrons. The van der Waals surface area contributed by atoms with Gasteiger partial charge >= 0.3 is 0 Å². The Hall–Kier alpha value is -3.77. The molecule has 30 heavy (non-hydrogen) atoms. The highest BCUT2D eigenvalue weighted by atomic mass is 32.1. The van der Waals surface area contributed by atoms with Crippen molar-refractivity contribution in [3.05, 3.63) is 96.6 Å². The van der Waals surface area contributed by atoms with E-state index in [1.807, 2.05) is 65.3 Å². The first-order valence-corrected chi connectivity index (χ1v) is 9.97. The first-order chi connectivity index (χ1) is 14.7. The summed E-state index contributed by atoms with van der Waals surface area (Å²) in [6.07, 6.45) is 1.73. The monoisotopic (exact) mass is 411 g/mol. The van der Waals surface area contributed by atoms with Crippen LogP contribution >= 0.6 is 12.2 Å². The van der Waals surface area contributed by atoms with Gasteiger partial charge in [0, 0.05) is 18.2 Å². The lowest BCUT2D eigenvalue weighted by Crippen LogP contribution is -2.28. The minimum absolute atomic E-state index is 0.473. The topological polar surface area (TPSA) is 54.2 Å². The standard InChI is InChI=1S/C24H21N5S/c1-25-24(30)27-26-17-18-12-14-21(15-13-18)29-23(20-10-6-3-7-11-20)16-22(28-29)19-8-4-2-5-9-19/h2-17H,1H3,(H2,25,27,30). The Kier molecular flexibility index (Phi) is 5.96. The molecule has 6 heteroatoms. The van der Waals surface area contributed by atoms with Gasteiger partial charge in [-0.2, -0.15) is 10.2 Å². The van der Waals surface area contributed by atoms with Crippen LogP contribution in [0.5, 0.6) is 0 Å². The molecule has 0 bridgehead atoms. The van der Waals surface area contributed by atoms with E-state index in [1.165, 1.54) is 0 Å². The van der Waals surface area contributed by atoms with Crippen LogP contribution in [0.3, 0.4) is 0 Å². The van der Waals surface area contributed by atoms with Gasteiger partial charge < -0.3 is 5.32 Å². The fourth-order valence-electron chi connectivity index (χ4n) is 3.07. The van der Waals surface area contributed by atoms with Crippen LogP contribution in [-0.2, 0) is 0 Å². The maximum Gasteiger partial charge on any atom is 0.186 e. The Balaban J connectivity index is 1.69. The van der Waals surface area contributed by atoms with Crippen LogP contribution < -0.4 is 10.7 Å². The van der Waals surface area contributed by atoms with Crippen molar-refractivity contribution in [3.63, 3.8) is 0 Å². The molecule has 1 heterocycles. The van der Waals surface area contributed by atoms with E-state index in [0.29, 0.717) is 5.11 Å². The Bertz CT molecular complexity index is 1150. The molecular formula is C24H21N5S. The number of benzene rings is 3. The molecule has 3 aromatic carbocycles.